The Morgan fingerprint density at radius 3 is 2.96 bits per heavy atom. The molecule has 2 aromatic rings. The van der Waals surface area contributed by atoms with Gasteiger partial charge >= 0.3 is 0 Å². The smallest absolute Gasteiger partial charge is 0.103 e. The van der Waals surface area contributed by atoms with Crippen LogP contribution < -0.4 is 5.32 Å². The fourth-order valence-corrected chi connectivity index (χ4v) is 4.32. The molecule has 134 valence electrons. The summed E-state index contributed by atoms with van der Waals surface area (Å²) in [6, 6.07) is 11.8. The summed E-state index contributed by atoms with van der Waals surface area (Å²) < 4.78 is 8.11. The fourth-order valence-electron chi connectivity index (χ4n) is 4.32. The molecule has 25 heavy (non-hydrogen) atoms. The Morgan fingerprint density at radius 1 is 1.28 bits per heavy atom. The molecule has 2 aliphatic rings. The van der Waals surface area contributed by atoms with Gasteiger partial charge < -0.3 is 10.1 Å². The standard InChI is InChI=1S/C21H29N3O/c1-3-24-20(7-9-23-24)21-17(8-10-25-21)14-22-19-12-18(13-19)16-6-4-5-15(2)11-16/h4-7,9,11,17-19,21-22H,3,8,10,12-14H2,1-2H3/t17-,18?,19?,21+/m0/s1. The van der Waals surface area contributed by atoms with Gasteiger partial charge in [0.05, 0.1) is 5.69 Å². The van der Waals surface area contributed by atoms with Crippen LogP contribution in [0.2, 0.25) is 0 Å². The van der Waals surface area contributed by atoms with Crippen molar-refractivity contribution >= 4 is 0 Å². The van der Waals surface area contributed by atoms with E-state index in [0.717, 1.165) is 32.0 Å². The first-order valence-electron chi connectivity index (χ1n) is 9.68. The summed E-state index contributed by atoms with van der Waals surface area (Å²) in [5.41, 5.74) is 4.11. The van der Waals surface area contributed by atoms with Crippen LogP contribution in [0, 0.1) is 12.8 Å². The maximum atomic E-state index is 6.04. The Kier molecular flexibility index (Phi) is 4.91. The lowest BCUT2D eigenvalue weighted by atomic mass is 9.75. The maximum absolute atomic E-state index is 6.04. The van der Waals surface area contributed by atoms with Gasteiger partial charge in [0.2, 0.25) is 0 Å². The van der Waals surface area contributed by atoms with E-state index in [2.05, 4.69) is 59.3 Å². The van der Waals surface area contributed by atoms with Gasteiger partial charge in [0.1, 0.15) is 6.10 Å². The highest BCUT2D eigenvalue weighted by Crippen LogP contribution is 2.38. The summed E-state index contributed by atoms with van der Waals surface area (Å²) >= 11 is 0. The van der Waals surface area contributed by atoms with E-state index < -0.39 is 0 Å². The van der Waals surface area contributed by atoms with Gasteiger partial charge in [-0.3, -0.25) is 4.68 Å². The van der Waals surface area contributed by atoms with Gasteiger partial charge in [-0.05, 0) is 50.7 Å². The summed E-state index contributed by atoms with van der Waals surface area (Å²) in [5, 5.41) is 8.20. The first-order valence-corrected chi connectivity index (χ1v) is 9.68. The maximum Gasteiger partial charge on any atom is 0.103 e. The van der Waals surface area contributed by atoms with Crippen molar-refractivity contribution in [1.82, 2.24) is 15.1 Å². The molecule has 1 saturated heterocycles. The third kappa shape index (κ3) is 3.51. The Balaban J connectivity index is 1.29. The molecule has 2 fully saturated rings. The van der Waals surface area contributed by atoms with Gasteiger partial charge in [0.25, 0.3) is 0 Å². The predicted molar refractivity (Wildman–Crippen MR) is 99.6 cm³/mol. The molecule has 0 bridgehead atoms. The molecule has 0 unspecified atom stereocenters. The van der Waals surface area contributed by atoms with Gasteiger partial charge in [-0.1, -0.05) is 29.8 Å². The number of rotatable bonds is 6. The lowest BCUT2D eigenvalue weighted by Gasteiger charge is -2.37. The second-order valence-electron chi connectivity index (χ2n) is 7.60. The second-order valence-corrected chi connectivity index (χ2v) is 7.60. The second kappa shape index (κ2) is 7.30. The molecule has 0 radical (unpaired) electrons. The van der Waals surface area contributed by atoms with Crippen LogP contribution in [-0.4, -0.2) is 29.0 Å². The Hall–Kier alpha value is -1.65. The molecule has 1 aliphatic heterocycles. The van der Waals surface area contributed by atoms with E-state index in [-0.39, 0.29) is 6.10 Å². The van der Waals surface area contributed by atoms with E-state index in [0.29, 0.717) is 12.0 Å². The van der Waals surface area contributed by atoms with E-state index in [1.807, 2.05) is 6.20 Å². The topological polar surface area (TPSA) is 39.1 Å². The van der Waals surface area contributed by atoms with Crippen molar-refractivity contribution in [2.45, 2.75) is 57.7 Å². The largest absolute Gasteiger partial charge is 0.372 e. The van der Waals surface area contributed by atoms with E-state index in [9.17, 15) is 0 Å². The van der Waals surface area contributed by atoms with E-state index in [1.54, 1.807) is 0 Å². The SMILES string of the molecule is CCn1nccc1[C@@H]1OCC[C@H]1CNC1CC(c2cccc(C)c2)C1. The molecule has 1 aliphatic carbocycles. The minimum Gasteiger partial charge on any atom is -0.372 e. The number of nitrogens with one attached hydrogen (secondary N) is 1. The highest BCUT2D eigenvalue weighted by Gasteiger charge is 2.34. The van der Waals surface area contributed by atoms with Crippen molar-refractivity contribution in [3.63, 3.8) is 0 Å². The van der Waals surface area contributed by atoms with Gasteiger partial charge in [0, 0.05) is 37.9 Å². The zero-order valence-electron chi connectivity index (χ0n) is 15.3. The Labute approximate surface area is 150 Å². The van der Waals surface area contributed by atoms with Crippen molar-refractivity contribution in [1.29, 1.82) is 0 Å². The van der Waals surface area contributed by atoms with E-state index in [1.165, 1.54) is 29.7 Å². The van der Waals surface area contributed by atoms with Crippen LogP contribution in [0.15, 0.2) is 36.5 Å². The molecule has 4 heteroatoms. The first-order chi connectivity index (χ1) is 12.2. The summed E-state index contributed by atoms with van der Waals surface area (Å²) in [6.07, 6.45) is 5.75. The van der Waals surface area contributed by atoms with Gasteiger partial charge in [-0.15, -0.1) is 0 Å². The lowest BCUT2D eigenvalue weighted by Crippen LogP contribution is -2.42. The third-order valence-corrected chi connectivity index (χ3v) is 5.87. The summed E-state index contributed by atoms with van der Waals surface area (Å²) in [5.74, 6) is 1.29. The molecule has 4 nitrogen and oxygen atoms in total. The van der Waals surface area contributed by atoms with Crippen LogP contribution in [0.4, 0.5) is 0 Å². The summed E-state index contributed by atoms with van der Waals surface area (Å²) in [7, 11) is 0. The van der Waals surface area contributed by atoms with E-state index in [4.69, 9.17) is 4.74 Å². The average molecular weight is 339 g/mol. The Morgan fingerprint density at radius 2 is 2.16 bits per heavy atom. The average Bonchev–Trinajstić information content (AvgIpc) is 3.21. The minimum atomic E-state index is 0.197. The van der Waals surface area contributed by atoms with Crippen molar-refractivity contribution in [3.8, 4) is 0 Å². The number of nitrogens with zero attached hydrogens (tertiary/aromatic N) is 2. The molecule has 4 rings (SSSR count). The van der Waals surface area contributed by atoms with Crippen LogP contribution in [0.25, 0.3) is 0 Å². The number of aromatic nitrogens is 2. The minimum absolute atomic E-state index is 0.197. The highest BCUT2D eigenvalue weighted by atomic mass is 16.5. The number of ether oxygens (including phenoxy) is 1. The zero-order chi connectivity index (χ0) is 17.2. The molecule has 0 amide bonds. The van der Waals surface area contributed by atoms with Crippen LogP contribution in [0.3, 0.4) is 0 Å². The number of hydrogen-bond donors (Lipinski definition) is 1. The molecular weight excluding hydrogens is 310 g/mol. The van der Waals surface area contributed by atoms with Crippen LogP contribution in [0.5, 0.6) is 0 Å². The molecule has 1 saturated carbocycles. The molecule has 2 atom stereocenters. The molecule has 0 spiro atoms. The van der Waals surface area contributed by atoms with Crippen molar-refractivity contribution in [2.75, 3.05) is 13.2 Å². The monoisotopic (exact) mass is 339 g/mol. The van der Waals surface area contributed by atoms with Crippen molar-refractivity contribution < 1.29 is 4.74 Å². The summed E-state index contributed by atoms with van der Waals surface area (Å²) in [6.45, 7) is 7.13. The van der Waals surface area contributed by atoms with Crippen LogP contribution in [-0.2, 0) is 11.3 Å². The zero-order valence-corrected chi connectivity index (χ0v) is 15.3. The molecule has 1 N–H and O–H groups in total. The molecule has 1 aromatic heterocycles. The number of hydrogen-bond acceptors (Lipinski definition) is 3. The normalized spacial score (nSPS) is 28.9. The number of aryl methyl sites for hydroxylation is 2. The van der Waals surface area contributed by atoms with Crippen molar-refractivity contribution in [2.24, 2.45) is 5.92 Å². The predicted octanol–water partition coefficient (Wildman–Crippen LogP) is 3.82. The van der Waals surface area contributed by atoms with Crippen LogP contribution >= 0.6 is 0 Å². The first kappa shape index (κ1) is 16.8. The number of benzene rings is 1. The van der Waals surface area contributed by atoms with Gasteiger partial charge in [-0.25, -0.2) is 0 Å². The molecule has 2 heterocycles. The fraction of sp³-hybridized carbons (Fsp3) is 0.571. The molecule has 1 aromatic carbocycles. The third-order valence-electron chi connectivity index (χ3n) is 5.87. The lowest BCUT2D eigenvalue weighted by molar-refractivity contribution is 0.0811. The summed E-state index contributed by atoms with van der Waals surface area (Å²) in [4.78, 5) is 0. The quantitative estimate of drug-likeness (QED) is 0.869. The van der Waals surface area contributed by atoms with Crippen molar-refractivity contribution in [3.05, 3.63) is 53.3 Å². The highest BCUT2D eigenvalue weighted by molar-refractivity contribution is 5.27. The van der Waals surface area contributed by atoms with E-state index >= 15 is 0 Å². The molecular formula is C21H29N3O. The Bertz CT molecular complexity index is 705. The van der Waals surface area contributed by atoms with Gasteiger partial charge in [0.15, 0.2) is 0 Å². The van der Waals surface area contributed by atoms with Gasteiger partial charge in [-0.2, -0.15) is 5.10 Å². The van der Waals surface area contributed by atoms with Crippen LogP contribution in [0.1, 0.15) is 55.0 Å².